The molecule has 0 N–H and O–H groups in total. The molecular weight excluding hydrogens is 338 g/mol. The number of carbonyl (C=O) groups is 2. The van der Waals surface area contributed by atoms with Crippen molar-refractivity contribution in [1.82, 2.24) is 9.55 Å². The highest BCUT2D eigenvalue weighted by Crippen LogP contribution is 2.30. The molecule has 2 aromatic carbocycles. The number of aromatic nitrogens is 2. The van der Waals surface area contributed by atoms with Gasteiger partial charge < -0.3 is 4.57 Å². The van der Waals surface area contributed by atoms with Gasteiger partial charge in [0.25, 0.3) is 0 Å². The lowest BCUT2D eigenvalue weighted by molar-refractivity contribution is -0.122. The molecule has 25 heavy (non-hydrogen) atoms. The van der Waals surface area contributed by atoms with E-state index in [0.29, 0.717) is 17.4 Å². The fourth-order valence-corrected chi connectivity index (χ4v) is 3.43. The van der Waals surface area contributed by atoms with Crippen molar-refractivity contribution in [2.45, 2.75) is 12.8 Å². The van der Waals surface area contributed by atoms with Gasteiger partial charge in [-0.15, -0.1) is 0 Å². The van der Waals surface area contributed by atoms with E-state index in [4.69, 9.17) is 11.6 Å². The van der Waals surface area contributed by atoms with E-state index in [1.165, 1.54) is 4.90 Å². The summed E-state index contributed by atoms with van der Waals surface area (Å²) < 4.78 is 1.79. The van der Waals surface area contributed by atoms with Crippen LogP contribution >= 0.6 is 11.6 Å². The van der Waals surface area contributed by atoms with Crippen LogP contribution in [0.4, 0.5) is 5.95 Å². The first-order valence-electron chi connectivity index (χ1n) is 8.07. The molecule has 126 valence electrons. The maximum atomic E-state index is 12.8. The lowest BCUT2D eigenvalue weighted by Crippen LogP contribution is -2.33. The third-order valence-corrected chi connectivity index (χ3v) is 4.85. The van der Waals surface area contributed by atoms with Crippen molar-refractivity contribution < 1.29 is 9.59 Å². The average Bonchev–Trinajstić information content (AvgIpc) is 3.07. The third kappa shape index (κ3) is 2.70. The fraction of sp³-hybridized carbons (Fsp3) is 0.211. The van der Waals surface area contributed by atoms with E-state index in [1.54, 1.807) is 16.7 Å². The molecule has 6 heteroatoms. The summed E-state index contributed by atoms with van der Waals surface area (Å²) in [4.78, 5) is 31.0. The summed E-state index contributed by atoms with van der Waals surface area (Å²) >= 11 is 5.90. The molecule has 2 heterocycles. The van der Waals surface area contributed by atoms with Crippen LogP contribution < -0.4 is 4.90 Å². The Kier molecular flexibility index (Phi) is 3.81. The molecular formula is C19H16ClN3O2. The van der Waals surface area contributed by atoms with Crippen LogP contribution in [0.5, 0.6) is 0 Å². The average molecular weight is 354 g/mol. The van der Waals surface area contributed by atoms with Crippen molar-refractivity contribution in [3.05, 3.63) is 59.1 Å². The van der Waals surface area contributed by atoms with Gasteiger partial charge in [0, 0.05) is 18.5 Å². The van der Waals surface area contributed by atoms with Crippen molar-refractivity contribution in [2.24, 2.45) is 13.0 Å². The standard InChI is InChI=1S/C19H16ClN3O2/c1-22-16-5-3-2-4-15(16)21-19(22)23-17(24)11-13(18(23)25)10-12-6-8-14(20)9-7-12/h2-9,13H,10-11H2,1H3/t13-/m1/s1. The van der Waals surface area contributed by atoms with E-state index in [9.17, 15) is 9.59 Å². The predicted octanol–water partition coefficient (Wildman–Crippen LogP) is 3.35. The number of carbonyl (C=O) groups excluding carboxylic acids is 2. The molecule has 1 aliphatic rings. The molecule has 1 atom stereocenters. The van der Waals surface area contributed by atoms with Gasteiger partial charge in [-0.05, 0) is 36.2 Å². The highest BCUT2D eigenvalue weighted by molar-refractivity contribution is 6.30. The van der Waals surface area contributed by atoms with E-state index in [1.807, 2.05) is 43.4 Å². The van der Waals surface area contributed by atoms with Crippen molar-refractivity contribution in [3.63, 3.8) is 0 Å². The molecule has 0 bridgehead atoms. The number of rotatable bonds is 3. The Labute approximate surface area is 149 Å². The SMILES string of the molecule is Cn1c(N2C(=O)C[C@@H](Cc3ccc(Cl)cc3)C2=O)nc2ccccc21. The smallest absolute Gasteiger partial charge is 0.240 e. The second-order valence-electron chi connectivity index (χ2n) is 6.26. The quantitative estimate of drug-likeness (QED) is 0.678. The van der Waals surface area contributed by atoms with E-state index < -0.39 is 0 Å². The molecule has 4 rings (SSSR count). The van der Waals surface area contributed by atoms with Crippen LogP contribution in [0.2, 0.25) is 5.02 Å². The van der Waals surface area contributed by atoms with E-state index in [-0.39, 0.29) is 24.2 Å². The van der Waals surface area contributed by atoms with Crippen LogP contribution in [0.1, 0.15) is 12.0 Å². The highest BCUT2D eigenvalue weighted by Gasteiger charge is 2.41. The fourth-order valence-electron chi connectivity index (χ4n) is 3.30. The van der Waals surface area contributed by atoms with Gasteiger partial charge in [-0.1, -0.05) is 35.9 Å². The number of imide groups is 1. The number of imidazole rings is 1. The van der Waals surface area contributed by atoms with Gasteiger partial charge in [0.05, 0.1) is 17.0 Å². The van der Waals surface area contributed by atoms with Gasteiger partial charge in [0.15, 0.2) is 0 Å². The van der Waals surface area contributed by atoms with Gasteiger partial charge in [0.1, 0.15) is 0 Å². The summed E-state index contributed by atoms with van der Waals surface area (Å²) in [5, 5.41) is 0.652. The number of anilines is 1. The lowest BCUT2D eigenvalue weighted by Gasteiger charge is -2.14. The first-order chi connectivity index (χ1) is 12.0. The predicted molar refractivity (Wildman–Crippen MR) is 96.5 cm³/mol. The summed E-state index contributed by atoms with van der Waals surface area (Å²) in [5.74, 6) is -0.385. The number of halogens is 1. The van der Waals surface area contributed by atoms with Crippen molar-refractivity contribution in [1.29, 1.82) is 0 Å². The van der Waals surface area contributed by atoms with Crippen molar-refractivity contribution >= 4 is 40.4 Å². The number of para-hydroxylation sites is 2. The molecule has 0 unspecified atom stereocenters. The molecule has 0 aliphatic carbocycles. The molecule has 1 fully saturated rings. The number of benzene rings is 2. The Morgan fingerprint density at radius 1 is 1.12 bits per heavy atom. The van der Waals surface area contributed by atoms with Gasteiger partial charge in [-0.25, -0.2) is 9.88 Å². The molecule has 5 nitrogen and oxygen atoms in total. The van der Waals surface area contributed by atoms with Crippen LogP contribution in [-0.4, -0.2) is 21.4 Å². The summed E-state index contributed by atoms with van der Waals surface area (Å²) in [6.45, 7) is 0. The van der Waals surface area contributed by atoms with Crippen LogP contribution in [0.3, 0.4) is 0 Å². The number of nitrogens with zero attached hydrogens (tertiary/aromatic N) is 3. The second kappa shape index (κ2) is 6.01. The van der Waals surface area contributed by atoms with Gasteiger partial charge in [-0.2, -0.15) is 0 Å². The summed E-state index contributed by atoms with van der Waals surface area (Å²) in [6, 6.07) is 14.9. The molecule has 3 aromatic rings. The molecule has 1 saturated heterocycles. The van der Waals surface area contributed by atoms with Crippen LogP contribution in [0.15, 0.2) is 48.5 Å². The largest absolute Gasteiger partial charge is 0.312 e. The van der Waals surface area contributed by atoms with E-state index in [2.05, 4.69) is 4.98 Å². The maximum Gasteiger partial charge on any atom is 0.240 e. The highest BCUT2D eigenvalue weighted by atomic mass is 35.5. The van der Waals surface area contributed by atoms with Crippen molar-refractivity contribution in [2.75, 3.05) is 4.90 Å². The maximum absolute atomic E-state index is 12.8. The summed E-state index contributed by atoms with van der Waals surface area (Å²) in [6.07, 6.45) is 0.715. The van der Waals surface area contributed by atoms with Crippen LogP contribution in [0, 0.1) is 5.92 Å². The van der Waals surface area contributed by atoms with Gasteiger partial charge in [0.2, 0.25) is 17.8 Å². The summed E-state index contributed by atoms with van der Waals surface area (Å²) in [7, 11) is 1.82. The molecule has 0 spiro atoms. The second-order valence-corrected chi connectivity index (χ2v) is 6.69. The monoisotopic (exact) mass is 353 g/mol. The van der Waals surface area contributed by atoms with Gasteiger partial charge >= 0.3 is 0 Å². The normalized spacial score (nSPS) is 17.7. The first-order valence-corrected chi connectivity index (χ1v) is 8.45. The number of fused-ring (bicyclic) bond motifs is 1. The lowest BCUT2D eigenvalue weighted by atomic mass is 9.98. The summed E-state index contributed by atoms with van der Waals surface area (Å²) in [5.41, 5.74) is 2.64. The number of amides is 2. The van der Waals surface area contributed by atoms with Crippen LogP contribution in [0.25, 0.3) is 11.0 Å². The Hall–Kier alpha value is -2.66. The minimum Gasteiger partial charge on any atom is -0.312 e. The molecule has 0 saturated carbocycles. The Bertz CT molecular complexity index is 978. The molecule has 1 aliphatic heterocycles. The Morgan fingerprint density at radius 2 is 1.84 bits per heavy atom. The zero-order valence-electron chi connectivity index (χ0n) is 13.6. The number of aryl methyl sites for hydroxylation is 1. The first kappa shape index (κ1) is 15.8. The zero-order valence-corrected chi connectivity index (χ0v) is 14.4. The minimum absolute atomic E-state index is 0.196. The number of hydrogen-bond acceptors (Lipinski definition) is 3. The van der Waals surface area contributed by atoms with Crippen molar-refractivity contribution in [3.8, 4) is 0 Å². The van der Waals surface area contributed by atoms with Crippen LogP contribution in [-0.2, 0) is 23.1 Å². The molecule has 1 aromatic heterocycles. The number of hydrogen-bond donors (Lipinski definition) is 0. The Morgan fingerprint density at radius 3 is 2.56 bits per heavy atom. The van der Waals surface area contributed by atoms with E-state index in [0.717, 1.165) is 16.6 Å². The van der Waals surface area contributed by atoms with E-state index >= 15 is 0 Å². The Balaban J connectivity index is 1.64. The van der Waals surface area contributed by atoms with Gasteiger partial charge in [-0.3, -0.25) is 9.59 Å². The zero-order chi connectivity index (χ0) is 17.6. The topological polar surface area (TPSA) is 55.2 Å². The third-order valence-electron chi connectivity index (χ3n) is 4.60. The molecule has 0 radical (unpaired) electrons. The minimum atomic E-state index is -0.367. The molecule has 2 amide bonds.